The van der Waals surface area contributed by atoms with Crippen LogP contribution < -0.4 is 0 Å². The van der Waals surface area contributed by atoms with Gasteiger partial charge in [0.2, 0.25) is 5.91 Å². The Kier molecular flexibility index (Phi) is 6.84. The van der Waals surface area contributed by atoms with Crippen LogP contribution in [0.2, 0.25) is 0 Å². The Morgan fingerprint density at radius 2 is 2.00 bits per heavy atom. The quantitative estimate of drug-likeness (QED) is 0.537. The predicted octanol–water partition coefficient (Wildman–Crippen LogP) is 4.89. The summed E-state index contributed by atoms with van der Waals surface area (Å²) in [5, 5.41) is 0. The van der Waals surface area contributed by atoms with Crippen molar-refractivity contribution in [3.63, 3.8) is 0 Å². The van der Waals surface area contributed by atoms with Crippen LogP contribution in [0.3, 0.4) is 0 Å². The smallest absolute Gasteiger partial charge is 0.231 e. The van der Waals surface area contributed by atoms with E-state index < -0.39 is 0 Å². The number of thioether (sulfide) groups is 1. The van der Waals surface area contributed by atoms with Crippen molar-refractivity contribution in [1.29, 1.82) is 0 Å². The summed E-state index contributed by atoms with van der Waals surface area (Å²) in [6.07, 6.45) is 14.5. The zero-order valence-electron chi connectivity index (χ0n) is 13.1. The van der Waals surface area contributed by atoms with Crippen LogP contribution in [-0.2, 0) is 4.79 Å². The molecule has 0 radical (unpaired) electrons. The molecule has 0 aliphatic carbocycles. The number of carbonyl (C=O) groups is 1. The normalized spacial score (nSPS) is 26.5. The standard InChI is InChI=1S/C18H24ClNOS/c1-3-4-7-10-14(2)16-13-15(17(19)22-16)18(21)20-11-8-5-6-9-12-20/h3-4,7,10,13,15,17H,2,5-6,8-9,11-12H2,1H3/b4-3-,10-7-. The molecule has 2 rings (SSSR count). The first-order valence-electron chi connectivity index (χ1n) is 7.93. The van der Waals surface area contributed by atoms with E-state index in [1.165, 1.54) is 12.8 Å². The van der Waals surface area contributed by atoms with E-state index in [0.29, 0.717) is 0 Å². The van der Waals surface area contributed by atoms with E-state index in [1.54, 1.807) is 11.8 Å². The lowest BCUT2D eigenvalue weighted by molar-refractivity contribution is -0.133. The number of alkyl halides is 1. The Morgan fingerprint density at radius 1 is 1.32 bits per heavy atom. The van der Waals surface area contributed by atoms with Gasteiger partial charge < -0.3 is 4.90 Å². The van der Waals surface area contributed by atoms with Crippen LogP contribution in [0.4, 0.5) is 0 Å². The maximum atomic E-state index is 12.7. The molecule has 22 heavy (non-hydrogen) atoms. The Bertz CT molecular complexity index is 501. The summed E-state index contributed by atoms with van der Waals surface area (Å²) in [4.78, 5) is 15.7. The number of amides is 1. The lowest BCUT2D eigenvalue weighted by Gasteiger charge is -2.24. The summed E-state index contributed by atoms with van der Waals surface area (Å²) in [6, 6.07) is 0. The van der Waals surface area contributed by atoms with E-state index in [1.807, 2.05) is 42.2 Å². The largest absolute Gasteiger partial charge is 0.342 e. The molecule has 4 heteroatoms. The van der Waals surface area contributed by atoms with Crippen LogP contribution in [0.1, 0.15) is 32.6 Å². The molecule has 0 spiro atoms. The fourth-order valence-electron chi connectivity index (χ4n) is 2.71. The highest BCUT2D eigenvalue weighted by Crippen LogP contribution is 2.43. The highest BCUT2D eigenvalue weighted by molar-refractivity contribution is 8.05. The van der Waals surface area contributed by atoms with E-state index in [9.17, 15) is 4.79 Å². The summed E-state index contributed by atoms with van der Waals surface area (Å²) >= 11 is 7.96. The first kappa shape index (κ1) is 17.4. The van der Waals surface area contributed by atoms with Gasteiger partial charge in [0.15, 0.2) is 0 Å². The van der Waals surface area contributed by atoms with Gasteiger partial charge in [-0.2, -0.15) is 0 Å². The van der Waals surface area contributed by atoms with Crippen LogP contribution in [0.15, 0.2) is 47.4 Å². The molecule has 0 bridgehead atoms. The monoisotopic (exact) mass is 337 g/mol. The van der Waals surface area contributed by atoms with E-state index in [4.69, 9.17) is 11.6 Å². The van der Waals surface area contributed by atoms with E-state index in [0.717, 1.165) is 36.4 Å². The van der Waals surface area contributed by atoms with E-state index in [-0.39, 0.29) is 16.5 Å². The van der Waals surface area contributed by atoms with Gasteiger partial charge >= 0.3 is 0 Å². The van der Waals surface area contributed by atoms with Crippen LogP contribution in [-0.4, -0.2) is 28.6 Å². The number of halogens is 1. The lowest BCUT2D eigenvalue weighted by Crippen LogP contribution is -2.37. The molecule has 0 aromatic heterocycles. The second-order valence-electron chi connectivity index (χ2n) is 5.68. The molecular formula is C18H24ClNOS. The number of rotatable bonds is 4. The molecule has 0 aromatic rings. The summed E-state index contributed by atoms with van der Waals surface area (Å²) < 4.78 is -0.224. The van der Waals surface area contributed by atoms with Gasteiger partial charge in [-0.1, -0.05) is 49.8 Å². The second kappa shape index (κ2) is 8.64. The molecule has 2 aliphatic rings. The molecular weight excluding hydrogens is 314 g/mol. The van der Waals surface area contributed by atoms with Gasteiger partial charge in [0.25, 0.3) is 0 Å². The van der Waals surface area contributed by atoms with Gasteiger partial charge in [0.1, 0.15) is 0 Å². The molecule has 2 heterocycles. The summed E-state index contributed by atoms with van der Waals surface area (Å²) in [6.45, 7) is 7.78. The Balaban J connectivity index is 2.04. The van der Waals surface area contributed by atoms with Crippen molar-refractivity contribution in [1.82, 2.24) is 4.90 Å². The average molecular weight is 338 g/mol. The number of hydrogen-bond acceptors (Lipinski definition) is 2. The van der Waals surface area contributed by atoms with Crippen molar-refractivity contribution in [2.75, 3.05) is 13.1 Å². The molecule has 1 fully saturated rings. The molecule has 2 unspecified atom stereocenters. The zero-order chi connectivity index (χ0) is 15.9. The third-order valence-corrected chi connectivity index (χ3v) is 5.68. The molecule has 2 aliphatic heterocycles. The molecule has 1 amide bonds. The van der Waals surface area contributed by atoms with E-state index >= 15 is 0 Å². The molecule has 2 nitrogen and oxygen atoms in total. The van der Waals surface area contributed by atoms with Gasteiger partial charge in [0.05, 0.1) is 10.6 Å². The minimum Gasteiger partial charge on any atom is -0.342 e. The minimum atomic E-state index is -0.230. The molecule has 120 valence electrons. The Morgan fingerprint density at radius 3 is 2.64 bits per heavy atom. The number of hydrogen-bond donors (Lipinski definition) is 0. The van der Waals surface area contributed by atoms with Crippen molar-refractivity contribution in [3.05, 3.63) is 47.4 Å². The highest BCUT2D eigenvalue weighted by atomic mass is 35.5. The van der Waals surface area contributed by atoms with Gasteiger partial charge in [-0.05, 0) is 25.3 Å². The maximum absolute atomic E-state index is 12.7. The van der Waals surface area contributed by atoms with Crippen molar-refractivity contribution in [2.24, 2.45) is 5.92 Å². The van der Waals surface area contributed by atoms with Crippen LogP contribution in [0.5, 0.6) is 0 Å². The number of allylic oxidation sites excluding steroid dienone is 5. The average Bonchev–Trinajstić information content (AvgIpc) is 2.73. The molecule has 2 atom stereocenters. The van der Waals surface area contributed by atoms with Gasteiger partial charge in [-0.15, -0.1) is 23.4 Å². The van der Waals surface area contributed by atoms with Crippen LogP contribution >= 0.6 is 23.4 Å². The Hall–Kier alpha value is -0.930. The number of likely N-dealkylation sites (tertiary alicyclic amines) is 1. The van der Waals surface area contributed by atoms with Crippen molar-refractivity contribution < 1.29 is 4.79 Å². The van der Waals surface area contributed by atoms with E-state index in [2.05, 4.69) is 6.58 Å². The maximum Gasteiger partial charge on any atom is 0.231 e. The second-order valence-corrected chi connectivity index (χ2v) is 7.59. The van der Waals surface area contributed by atoms with Crippen LogP contribution in [0, 0.1) is 5.92 Å². The molecule has 0 aromatic carbocycles. The third kappa shape index (κ3) is 4.53. The minimum absolute atomic E-state index is 0.176. The van der Waals surface area contributed by atoms with Gasteiger partial charge in [0, 0.05) is 18.0 Å². The summed E-state index contributed by atoms with van der Waals surface area (Å²) in [5.41, 5.74) is 0.917. The highest BCUT2D eigenvalue weighted by Gasteiger charge is 2.35. The van der Waals surface area contributed by atoms with Gasteiger partial charge in [-0.25, -0.2) is 0 Å². The zero-order valence-corrected chi connectivity index (χ0v) is 14.7. The Labute approximate surface area is 143 Å². The molecule has 0 N–H and O–H groups in total. The number of carbonyl (C=O) groups excluding carboxylic acids is 1. The molecule has 1 saturated heterocycles. The fourth-order valence-corrected chi connectivity index (χ4v) is 4.20. The van der Waals surface area contributed by atoms with Crippen LogP contribution in [0.25, 0.3) is 0 Å². The summed E-state index contributed by atoms with van der Waals surface area (Å²) in [7, 11) is 0. The first-order valence-corrected chi connectivity index (χ1v) is 9.25. The summed E-state index contributed by atoms with van der Waals surface area (Å²) in [5.74, 6) is -0.0544. The van der Waals surface area contributed by atoms with Crippen molar-refractivity contribution >= 4 is 29.3 Å². The lowest BCUT2D eigenvalue weighted by atomic mass is 10.1. The molecule has 0 saturated carbocycles. The third-order valence-electron chi connectivity index (χ3n) is 3.97. The van der Waals surface area contributed by atoms with Crippen molar-refractivity contribution in [2.45, 2.75) is 37.3 Å². The van der Waals surface area contributed by atoms with Crippen molar-refractivity contribution in [3.8, 4) is 0 Å². The van der Waals surface area contributed by atoms with Gasteiger partial charge in [-0.3, -0.25) is 4.79 Å². The SMILES string of the molecule is C=C(/C=C\C=C/C)C1=CC(C(=O)N2CCCCCC2)C(Cl)S1. The first-order chi connectivity index (χ1) is 10.6. The fraction of sp³-hybridized carbons (Fsp3) is 0.500. The number of nitrogens with zero attached hydrogens (tertiary/aromatic N) is 1. The predicted molar refractivity (Wildman–Crippen MR) is 96.9 cm³/mol. The topological polar surface area (TPSA) is 20.3 Å².